The van der Waals surface area contributed by atoms with Crippen molar-refractivity contribution < 1.29 is 14.3 Å². The van der Waals surface area contributed by atoms with Gasteiger partial charge in [0.15, 0.2) is 0 Å². The van der Waals surface area contributed by atoms with Gasteiger partial charge in [0.25, 0.3) is 5.91 Å². The monoisotopic (exact) mass is 346 g/mol. The van der Waals surface area contributed by atoms with Gasteiger partial charge < -0.3 is 14.8 Å². The van der Waals surface area contributed by atoms with Crippen molar-refractivity contribution in [3.05, 3.63) is 24.3 Å². The van der Waals surface area contributed by atoms with E-state index in [9.17, 15) is 4.79 Å². The summed E-state index contributed by atoms with van der Waals surface area (Å²) in [5, 5.41) is 3.13. The predicted molar refractivity (Wildman–Crippen MR) is 91.2 cm³/mol. The fraction of sp³-hybridized carbons (Fsp3) is 0.722. The molecule has 1 aromatic heterocycles. The molecule has 25 heavy (non-hydrogen) atoms. The zero-order valence-corrected chi connectivity index (χ0v) is 14.5. The fourth-order valence-electron chi connectivity index (χ4n) is 4.31. The van der Waals surface area contributed by atoms with Gasteiger partial charge in [0.05, 0.1) is 18.3 Å². The van der Waals surface area contributed by atoms with Crippen molar-refractivity contribution in [2.75, 3.05) is 32.9 Å². The van der Waals surface area contributed by atoms with Crippen LogP contribution in [0.25, 0.3) is 0 Å². The number of rotatable bonds is 4. The number of nitrogens with zero attached hydrogens (tertiary/aromatic N) is 3. The minimum absolute atomic E-state index is 0.0136. The summed E-state index contributed by atoms with van der Waals surface area (Å²) in [5.41, 5.74) is 0.359. The molecule has 1 amide bonds. The second-order valence-electron chi connectivity index (χ2n) is 7.23. The molecule has 136 valence electrons. The minimum atomic E-state index is -0.168. The molecule has 4 heterocycles. The Morgan fingerprint density at radius 3 is 2.92 bits per heavy atom. The molecule has 0 spiro atoms. The molecule has 1 aromatic rings. The Morgan fingerprint density at radius 2 is 2.12 bits per heavy atom. The Bertz CT molecular complexity index is 579. The average Bonchev–Trinajstić information content (AvgIpc) is 3.01. The molecule has 4 rings (SSSR count). The van der Waals surface area contributed by atoms with Crippen LogP contribution in [0.1, 0.15) is 36.2 Å². The molecule has 3 saturated heterocycles. The molecule has 0 aromatic carbocycles. The van der Waals surface area contributed by atoms with Crippen LogP contribution in [-0.2, 0) is 9.47 Å². The third-order valence-corrected chi connectivity index (χ3v) is 5.58. The van der Waals surface area contributed by atoms with E-state index in [4.69, 9.17) is 9.47 Å². The highest BCUT2D eigenvalue weighted by Crippen LogP contribution is 2.31. The highest BCUT2D eigenvalue weighted by Gasteiger charge is 2.45. The summed E-state index contributed by atoms with van der Waals surface area (Å²) in [7, 11) is 0. The first-order valence-electron chi connectivity index (χ1n) is 9.31. The number of ether oxygens (including phenoxy) is 2. The highest BCUT2D eigenvalue weighted by molar-refractivity contribution is 5.92. The van der Waals surface area contributed by atoms with Gasteiger partial charge in [0.1, 0.15) is 5.69 Å². The normalized spacial score (nSPS) is 30.8. The first-order chi connectivity index (χ1) is 12.3. The third-order valence-electron chi connectivity index (χ3n) is 5.58. The number of hydrogen-bond donors (Lipinski definition) is 1. The largest absolute Gasteiger partial charge is 0.381 e. The van der Waals surface area contributed by atoms with Crippen molar-refractivity contribution in [2.45, 2.75) is 43.9 Å². The van der Waals surface area contributed by atoms with Gasteiger partial charge in [-0.2, -0.15) is 0 Å². The minimum Gasteiger partial charge on any atom is -0.381 e. The van der Waals surface area contributed by atoms with Crippen molar-refractivity contribution in [2.24, 2.45) is 5.92 Å². The van der Waals surface area contributed by atoms with Gasteiger partial charge in [0, 0.05) is 51.3 Å². The number of hydrogen-bond acceptors (Lipinski definition) is 6. The lowest BCUT2D eigenvalue weighted by atomic mass is 9.97. The quantitative estimate of drug-likeness (QED) is 0.872. The molecular weight excluding hydrogens is 320 g/mol. The van der Waals surface area contributed by atoms with E-state index in [-0.39, 0.29) is 18.1 Å². The predicted octanol–water partition coefficient (Wildman–Crippen LogP) is 0.865. The van der Waals surface area contributed by atoms with E-state index in [1.807, 2.05) is 0 Å². The summed E-state index contributed by atoms with van der Waals surface area (Å²) in [4.78, 5) is 23.1. The van der Waals surface area contributed by atoms with E-state index in [1.54, 1.807) is 12.4 Å². The van der Waals surface area contributed by atoms with E-state index in [2.05, 4.69) is 20.2 Å². The Balaban J connectivity index is 1.42. The van der Waals surface area contributed by atoms with Crippen LogP contribution in [0.5, 0.6) is 0 Å². The van der Waals surface area contributed by atoms with E-state index >= 15 is 0 Å². The van der Waals surface area contributed by atoms with Crippen molar-refractivity contribution >= 4 is 5.91 Å². The molecular formula is C18H26N4O3. The Hall–Kier alpha value is -1.57. The van der Waals surface area contributed by atoms with Gasteiger partial charge in [-0.25, -0.2) is 4.98 Å². The van der Waals surface area contributed by atoms with Crippen LogP contribution in [-0.4, -0.2) is 71.9 Å². The third kappa shape index (κ3) is 3.83. The summed E-state index contributed by atoms with van der Waals surface area (Å²) < 4.78 is 11.5. The van der Waals surface area contributed by atoms with Crippen molar-refractivity contribution in [1.82, 2.24) is 20.2 Å². The Morgan fingerprint density at radius 1 is 1.24 bits per heavy atom. The molecule has 7 heteroatoms. The van der Waals surface area contributed by atoms with Crippen LogP contribution < -0.4 is 5.32 Å². The fourth-order valence-corrected chi connectivity index (χ4v) is 4.31. The van der Waals surface area contributed by atoms with Crippen molar-refractivity contribution in [3.63, 3.8) is 0 Å². The summed E-state index contributed by atoms with van der Waals surface area (Å²) in [5.74, 6) is 0.518. The standard InChI is InChI=1S/C18H26N4O3/c23-18(14-10-19-5-6-20-14)21-15-12-22(11-13-3-8-24-9-4-13)16-2-1-7-25-17(15)16/h5-6,10,13,15-17H,1-4,7-9,11-12H2,(H,21,23)/t15-,16-,17-/m0/s1. The topological polar surface area (TPSA) is 76.6 Å². The highest BCUT2D eigenvalue weighted by atomic mass is 16.5. The molecule has 0 unspecified atom stereocenters. The van der Waals surface area contributed by atoms with Gasteiger partial charge in [-0.3, -0.25) is 14.7 Å². The second kappa shape index (κ2) is 7.76. The number of amides is 1. The van der Waals surface area contributed by atoms with Gasteiger partial charge in [-0.15, -0.1) is 0 Å². The smallest absolute Gasteiger partial charge is 0.271 e. The van der Waals surface area contributed by atoms with Crippen LogP contribution in [0.4, 0.5) is 0 Å². The lowest BCUT2D eigenvalue weighted by molar-refractivity contribution is -0.0255. The summed E-state index contributed by atoms with van der Waals surface area (Å²) >= 11 is 0. The van der Waals surface area contributed by atoms with Gasteiger partial charge in [0.2, 0.25) is 0 Å². The van der Waals surface area contributed by atoms with Crippen molar-refractivity contribution in [3.8, 4) is 0 Å². The lowest BCUT2D eigenvalue weighted by Gasteiger charge is -2.34. The molecule has 3 aliphatic rings. The number of likely N-dealkylation sites (tertiary alicyclic amines) is 1. The Labute approximate surface area is 148 Å². The molecule has 3 aliphatic heterocycles. The van der Waals surface area contributed by atoms with Crippen LogP contribution in [0.15, 0.2) is 18.6 Å². The molecule has 3 fully saturated rings. The average molecular weight is 346 g/mol. The number of carbonyl (C=O) groups is 1. The molecule has 3 atom stereocenters. The molecule has 0 aliphatic carbocycles. The molecule has 1 N–H and O–H groups in total. The maximum Gasteiger partial charge on any atom is 0.271 e. The first-order valence-corrected chi connectivity index (χ1v) is 9.31. The van der Waals surface area contributed by atoms with E-state index in [0.717, 1.165) is 58.6 Å². The van der Waals surface area contributed by atoms with Crippen LogP contribution in [0, 0.1) is 5.92 Å². The van der Waals surface area contributed by atoms with Gasteiger partial charge in [-0.05, 0) is 31.6 Å². The van der Waals surface area contributed by atoms with E-state index < -0.39 is 0 Å². The molecule has 0 bridgehead atoms. The van der Waals surface area contributed by atoms with Gasteiger partial charge in [-0.1, -0.05) is 0 Å². The zero-order chi connectivity index (χ0) is 17.1. The first kappa shape index (κ1) is 16.9. The lowest BCUT2D eigenvalue weighted by Crippen LogP contribution is -2.47. The number of aromatic nitrogens is 2. The second-order valence-corrected chi connectivity index (χ2v) is 7.23. The maximum atomic E-state index is 12.5. The van der Waals surface area contributed by atoms with Gasteiger partial charge >= 0.3 is 0 Å². The number of nitrogens with one attached hydrogen (secondary N) is 1. The van der Waals surface area contributed by atoms with Crippen molar-refractivity contribution in [1.29, 1.82) is 0 Å². The summed E-state index contributed by atoms with van der Waals surface area (Å²) in [6, 6.07) is 0.420. The summed E-state index contributed by atoms with van der Waals surface area (Å²) in [6.07, 6.45) is 9.19. The number of fused-ring (bicyclic) bond motifs is 1. The molecule has 0 saturated carbocycles. The van der Waals surface area contributed by atoms with E-state index in [0.29, 0.717) is 17.7 Å². The summed E-state index contributed by atoms with van der Waals surface area (Å²) in [6.45, 7) is 4.44. The molecule has 7 nitrogen and oxygen atoms in total. The maximum absolute atomic E-state index is 12.5. The van der Waals surface area contributed by atoms with E-state index in [1.165, 1.54) is 6.20 Å². The molecule has 0 radical (unpaired) electrons. The zero-order valence-electron chi connectivity index (χ0n) is 14.5. The number of carbonyl (C=O) groups excluding carboxylic acids is 1. The SMILES string of the molecule is O=C(N[C@H]1CN(CC2CCOCC2)[C@H]2CCCO[C@@H]12)c1cnccn1. The van der Waals surface area contributed by atoms with Crippen LogP contribution in [0.3, 0.4) is 0 Å². The van der Waals surface area contributed by atoms with Crippen LogP contribution in [0.2, 0.25) is 0 Å². The van der Waals surface area contributed by atoms with Crippen LogP contribution >= 0.6 is 0 Å². The Kier molecular flexibility index (Phi) is 5.24.